The summed E-state index contributed by atoms with van der Waals surface area (Å²) in [5.41, 5.74) is 4.81. The van der Waals surface area contributed by atoms with Crippen LogP contribution < -0.4 is 4.74 Å². The number of rotatable bonds is 11. The summed E-state index contributed by atoms with van der Waals surface area (Å²) in [7, 11) is 0. The molecule has 0 aliphatic heterocycles. The molecule has 0 saturated heterocycles. The molecule has 34 heavy (non-hydrogen) atoms. The lowest BCUT2D eigenvalue weighted by molar-refractivity contribution is -0.0914. The molecule has 0 saturated carbocycles. The largest absolute Gasteiger partial charge is 0.465 e. The van der Waals surface area contributed by atoms with Crippen LogP contribution in [0.1, 0.15) is 42.5 Å². The van der Waals surface area contributed by atoms with Crippen LogP contribution >= 0.6 is 0 Å². The van der Waals surface area contributed by atoms with Crippen LogP contribution in [0, 0.1) is 0 Å². The lowest BCUT2D eigenvalue weighted by atomic mass is 9.73. The minimum Gasteiger partial charge on any atom is -0.465 e. The minimum atomic E-state index is -0.387. The molecule has 0 spiro atoms. The Morgan fingerprint density at radius 2 is 1.18 bits per heavy atom. The van der Waals surface area contributed by atoms with E-state index < -0.39 is 0 Å². The quantitative estimate of drug-likeness (QED) is 0.219. The van der Waals surface area contributed by atoms with Crippen molar-refractivity contribution in [3.63, 3.8) is 0 Å². The van der Waals surface area contributed by atoms with Crippen LogP contribution in [0.3, 0.4) is 0 Å². The Labute approximate surface area is 204 Å². The molecule has 1 atom stereocenters. The van der Waals surface area contributed by atoms with Gasteiger partial charge < -0.3 is 9.47 Å². The summed E-state index contributed by atoms with van der Waals surface area (Å²) in [5.74, 6) is 0.838. The van der Waals surface area contributed by atoms with Gasteiger partial charge in [0, 0.05) is 11.8 Å². The first-order chi connectivity index (χ1) is 16.7. The predicted molar refractivity (Wildman–Crippen MR) is 140 cm³/mol. The zero-order valence-electron chi connectivity index (χ0n) is 20.2. The van der Waals surface area contributed by atoms with E-state index in [2.05, 4.69) is 123 Å². The topological polar surface area (TPSA) is 18.5 Å². The van der Waals surface area contributed by atoms with Gasteiger partial charge in [0.05, 0.1) is 6.61 Å². The van der Waals surface area contributed by atoms with Gasteiger partial charge in [0.2, 0.25) is 6.29 Å². The van der Waals surface area contributed by atoms with Gasteiger partial charge >= 0.3 is 0 Å². The Morgan fingerprint density at radius 1 is 0.647 bits per heavy atom. The van der Waals surface area contributed by atoms with Crippen molar-refractivity contribution in [1.29, 1.82) is 0 Å². The van der Waals surface area contributed by atoms with Crippen molar-refractivity contribution in [2.24, 2.45) is 0 Å². The van der Waals surface area contributed by atoms with Crippen molar-refractivity contribution in [1.82, 2.24) is 0 Å². The van der Waals surface area contributed by atoms with E-state index in [4.69, 9.17) is 9.47 Å². The van der Waals surface area contributed by atoms with Gasteiger partial charge in [-0.15, -0.1) is 0 Å². The third kappa shape index (κ3) is 6.15. The maximum Gasteiger partial charge on any atom is 0.200 e. The second-order valence-electron chi connectivity index (χ2n) is 8.92. The van der Waals surface area contributed by atoms with Crippen molar-refractivity contribution >= 4 is 0 Å². The molecule has 0 aromatic heterocycles. The number of aryl methyl sites for hydroxylation is 1. The van der Waals surface area contributed by atoms with Gasteiger partial charge in [0.15, 0.2) is 0 Å². The van der Waals surface area contributed by atoms with E-state index in [1.54, 1.807) is 0 Å². The zero-order chi connectivity index (χ0) is 23.6. The second kappa shape index (κ2) is 11.7. The summed E-state index contributed by atoms with van der Waals surface area (Å²) in [4.78, 5) is 0. The molecule has 0 fully saturated rings. The van der Waals surface area contributed by atoms with Crippen molar-refractivity contribution in [3.05, 3.63) is 138 Å². The Balaban J connectivity index is 1.59. The molecule has 4 aromatic rings. The van der Waals surface area contributed by atoms with Gasteiger partial charge in [-0.3, -0.25) is 0 Å². The predicted octanol–water partition coefficient (Wildman–Crippen LogP) is 7.61. The number of benzene rings is 4. The molecule has 0 aliphatic rings. The first-order valence-corrected chi connectivity index (χ1v) is 12.2. The van der Waals surface area contributed by atoms with E-state index in [9.17, 15) is 0 Å². The fourth-order valence-corrected chi connectivity index (χ4v) is 4.39. The zero-order valence-corrected chi connectivity index (χ0v) is 20.2. The molecular formula is C32H34O2. The first kappa shape index (κ1) is 23.8. The summed E-state index contributed by atoms with van der Waals surface area (Å²) in [6.45, 7) is 5.05. The third-order valence-corrected chi connectivity index (χ3v) is 6.53. The van der Waals surface area contributed by atoms with E-state index in [1.165, 1.54) is 22.3 Å². The van der Waals surface area contributed by atoms with Gasteiger partial charge in [0.25, 0.3) is 0 Å². The molecule has 4 aromatic carbocycles. The highest BCUT2D eigenvalue weighted by atomic mass is 16.7. The van der Waals surface area contributed by atoms with Crippen LogP contribution in [0.2, 0.25) is 0 Å². The smallest absolute Gasteiger partial charge is 0.200 e. The normalized spacial score (nSPS) is 12.3. The molecule has 1 unspecified atom stereocenters. The summed E-state index contributed by atoms with van der Waals surface area (Å²) >= 11 is 0. The molecule has 0 heterocycles. The fourth-order valence-electron chi connectivity index (χ4n) is 4.39. The highest BCUT2D eigenvalue weighted by molar-refractivity contribution is 5.38. The van der Waals surface area contributed by atoms with Gasteiger partial charge in [0.1, 0.15) is 5.75 Å². The van der Waals surface area contributed by atoms with Crippen molar-refractivity contribution in [2.75, 3.05) is 6.61 Å². The van der Waals surface area contributed by atoms with Gasteiger partial charge in [-0.1, -0.05) is 117 Å². The molecule has 2 heteroatoms. The SMILES string of the molecule is CCc1ccc(OC(CC(C)(c2ccccc2)c2ccccc2)OCCc2ccccc2)cc1. The lowest BCUT2D eigenvalue weighted by Gasteiger charge is -2.34. The van der Waals surface area contributed by atoms with E-state index in [-0.39, 0.29) is 11.7 Å². The van der Waals surface area contributed by atoms with Crippen LogP contribution in [0.15, 0.2) is 115 Å². The molecule has 174 valence electrons. The van der Waals surface area contributed by atoms with E-state index in [1.807, 2.05) is 6.07 Å². The number of hydrogen-bond donors (Lipinski definition) is 0. The van der Waals surface area contributed by atoms with Crippen LogP contribution in [0.4, 0.5) is 0 Å². The van der Waals surface area contributed by atoms with Crippen molar-refractivity contribution in [3.8, 4) is 5.75 Å². The maximum atomic E-state index is 6.47. The highest BCUT2D eigenvalue weighted by Crippen LogP contribution is 2.37. The molecule has 0 radical (unpaired) electrons. The van der Waals surface area contributed by atoms with Crippen LogP contribution in [-0.2, 0) is 23.0 Å². The Morgan fingerprint density at radius 3 is 1.71 bits per heavy atom. The summed E-state index contributed by atoms with van der Waals surface area (Å²) < 4.78 is 12.9. The molecule has 0 bridgehead atoms. The van der Waals surface area contributed by atoms with Crippen molar-refractivity contribution in [2.45, 2.75) is 44.8 Å². The first-order valence-electron chi connectivity index (χ1n) is 12.2. The minimum absolute atomic E-state index is 0.261. The summed E-state index contributed by atoms with van der Waals surface area (Å²) in [6.07, 6.45) is 2.17. The molecular weight excluding hydrogens is 416 g/mol. The molecule has 0 N–H and O–H groups in total. The number of ether oxygens (including phenoxy) is 2. The van der Waals surface area contributed by atoms with Gasteiger partial charge in [-0.05, 0) is 47.2 Å². The van der Waals surface area contributed by atoms with Gasteiger partial charge in [-0.2, -0.15) is 0 Å². The van der Waals surface area contributed by atoms with Crippen LogP contribution in [0.25, 0.3) is 0 Å². The van der Waals surface area contributed by atoms with Crippen LogP contribution in [-0.4, -0.2) is 12.9 Å². The molecule has 2 nitrogen and oxygen atoms in total. The molecule has 4 rings (SSSR count). The standard InChI is InChI=1S/C32H34O2/c1-3-26-19-21-30(22-20-26)34-31(33-24-23-27-13-7-4-8-14-27)25-32(2,28-15-9-5-10-16-28)29-17-11-6-12-18-29/h4-22,31H,3,23-25H2,1-2H3. The average molecular weight is 451 g/mol. The fraction of sp³-hybridized carbons (Fsp3) is 0.250. The Bertz CT molecular complexity index is 1070. The third-order valence-electron chi connectivity index (χ3n) is 6.53. The average Bonchev–Trinajstić information content (AvgIpc) is 2.90. The van der Waals surface area contributed by atoms with Crippen LogP contribution in [0.5, 0.6) is 5.75 Å². The highest BCUT2D eigenvalue weighted by Gasteiger charge is 2.33. The summed E-state index contributed by atoms with van der Waals surface area (Å²) in [5, 5.41) is 0. The Kier molecular flexibility index (Phi) is 8.17. The molecule has 0 aliphatic carbocycles. The van der Waals surface area contributed by atoms with E-state index in [0.717, 1.165) is 18.6 Å². The van der Waals surface area contributed by atoms with E-state index >= 15 is 0 Å². The second-order valence-corrected chi connectivity index (χ2v) is 8.92. The molecule has 0 amide bonds. The summed E-state index contributed by atoms with van der Waals surface area (Å²) in [6, 6.07) is 40.2. The van der Waals surface area contributed by atoms with E-state index in [0.29, 0.717) is 13.0 Å². The Hall–Kier alpha value is -3.36. The van der Waals surface area contributed by atoms with Crippen molar-refractivity contribution < 1.29 is 9.47 Å². The number of hydrogen-bond acceptors (Lipinski definition) is 2. The monoisotopic (exact) mass is 450 g/mol. The lowest BCUT2D eigenvalue weighted by Crippen LogP contribution is -2.34. The van der Waals surface area contributed by atoms with Gasteiger partial charge in [-0.25, -0.2) is 0 Å². The maximum absolute atomic E-state index is 6.47.